The smallest absolute Gasteiger partial charge is 0.138 e. The van der Waals surface area contributed by atoms with Crippen molar-refractivity contribution in [1.29, 1.82) is 0 Å². The van der Waals surface area contributed by atoms with Crippen LogP contribution in [0.25, 0.3) is 0 Å². The maximum Gasteiger partial charge on any atom is 0.138 e. The summed E-state index contributed by atoms with van der Waals surface area (Å²) in [5.41, 5.74) is 7.52. The fourth-order valence-electron chi connectivity index (χ4n) is 1.45. The Morgan fingerprint density at radius 3 is 2.71 bits per heavy atom. The second-order valence-corrected chi connectivity index (χ2v) is 4.03. The fraction of sp³-hybridized carbons (Fsp3) is 0.154. The molecule has 0 aliphatic carbocycles. The zero-order valence-electron chi connectivity index (χ0n) is 9.27. The molecule has 4 heteroatoms. The first kappa shape index (κ1) is 11.9. The zero-order valence-corrected chi connectivity index (χ0v) is 10.0. The monoisotopic (exact) mass is 248 g/mol. The summed E-state index contributed by atoms with van der Waals surface area (Å²) in [5, 5.41) is 0.607. The Labute approximate surface area is 105 Å². The van der Waals surface area contributed by atoms with Gasteiger partial charge in [-0.15, -0.1) is 0 Å². The van der Waals surface area contributed by atoms with Gasteiger partial charge in [0.2, 0.25) is 0 Å². The van der Waals surface area contributed by atoms with Gasteiger partial charge in [-0.3, -0.25) is 4.98 Å². The lowest BCUT2D eigenvalue weighted by atomic mass is 10.2. The first-order valence-corrected chi connectivity index (χ1v) is 5.67. The van der Waals surface area contributed by atoms with Gasteiger partial charge >= 0.3 is 0 Å². The van der Waals surface area contributed by atoms with Gasteiger partial charge in [0.25, 0.3) is 0 Å². The van der Waals surface area contributed by atoms with E-state index in [1.165, 1.54) is 0 Å². The van der Waals surface area contributed by atoms with Gasteiger partial charge in [-0.1, -0.05) is 23.7 Å². The van der Waals surface area contributed by atoms with E-state index in [9.17, 15) is 0 Å². The number of pyridine rings is 1. The average molecular weight is 249 g/mol. The van der Waals surface area contributed by atoms with Crippen molar-refractivity contribution in [3.63, 3.8) is 0 Å². The van der Waals surface area contributed by atoms with Crippen LogP contribution in [0.3, 0.4) is 0 Å². The van der Waals surface area contributed by atoms with Gasteiger partial charge in [-0.05, 0) is 23.8 Å². The number of rotatable bonds is 4. The number of para-hydroxylation sites is 1. The Morgan fingerprint density at radius 2 is 1.94 bits per heavy atom. The molecule has 0 spiro atoms. The molecule has 0 atom stereocenters. The normalized spacial score (nSPS) is 10.2. The van der Waals surface area contributed by atoms with Gasteiger partial charge in [0.1, 0.15) is 12.4 Å². The number of ether oxygens (including phenoxy) is 1. The van der Waals surface area contributed by atoms with E-state index in [2.05, 4.69) is 4.98 Å². The summed E-state index contributed by atoms with van der Waals surface area (Å²) in [4.78, 5) is 4.10. The predicted molar refractivity (Wildman–Crippen MR) is 67.9 cm³/mol. The first-order valence-electron chi connectivity index (χ1n) is 5.30. The van der Waals surface area contributed by atoms with E-state index in [1.807, 2.05) is 24.3 Å². The number of hydrogen-bond acceptors (Lipinski definition) is 3. The Hall–Kier alpha value is -1.58. The van der Waals surface area contributed by atoms with Crippen molar-refractivity contribution < 1.29 is 4.74 Å². The average Bonchev–Trinajstić information content (AvgIpc) is 2.38. The van der Waals surface area contributed by atoms with Gasteiger partial charge in [-0.2, -0.15) is 0 Å². The third-order valence-corrected chi connectivity index (χ3v) is 2.63. The van der Waals surface area contributed by atoms with Crippen molar-refractivity contribution in [3.05, 3.63) is 58.9 Å². The molecule has 0 amide bonds. The van der Waals surface area contributed by atoms with E-state index >= 15 is 0 Å². The molecule has 1 aromatic heterocycles. The van der Waals surface area contributed by atoms with Crippen LogP contribution in [-0.4, -0.2) is 4.98 Å². The Balaban J connectivity index is 2.05. The van der Waals surface area contributed by atoms with E-state index in [0.717, 1.165) is 11.1 Å². The zero-order chi connectivity index (χ0) is 12.1. The molecule has 2 N–H and O–H groups in total. The molecule has 0 bridgehead atoms. The molecule has 88 valence electrons. The minimum Gasteiger partial charge on any atom is -0.487 e. The molecular weight excluding hydrogens is 236 g/mol. The van der Waals surface area contributed by atoms with Gasteiger partial charge in [0.15, 0.2) is 0 Å². The summed E-state index contributed by atoms with van der Waals surface area (Å²) in [5.74, 6) is 0.673. The van der Waals surface area contributed by atoms with Crippen LogP contribution >= 0.6 is 11.6 Å². The molecule has 0 radical (unpaired) electrons. The Morgan fingerprint density at radius 1 is 1.18 bits per heavy atom. The number of aromatic nitrogens is 1. The van der Waals surface area contributed by atoms with Crippen LogP contribution in [0.5, 0.6) is 5.75 Å². The SMILES string of the molecule is NCc1cncc(COc2ccccc2Cl)c1. The van der Waals surface area contributed by atoms with Gasteiger partial charge in [-0.25, -0.2) is 0 Å². The predicted octanol–water partition coefficient (Wildman–Crippen LogP) is 2.77. The first-order chi connectivity index (χ1) is 8.29. The molecule has 3 nitrogen and oxygen atoms in total. The number of nitrogens with zero attached hydrogens (tertiary/aromatic N) is 1. The van der Waals surface area contributed by atoms with Crippen LogP contribution in [-0.2, 0) is 13.2 Å². The van der Waals surface area contributed by atoms with Crippen molar-refractivity contribution in [2.45, 2.75) is 13.2 Å². The van der Waals surface area contributed by atoms with E-state index in [1.54, 1.807) is 18.5 Å². The highest BCUT2D eigenvalue weighted by Gasteiger charge is 2.01. The van der Waals surface area contributed by atoms with Crippen molar-refractivity contribution >= 4 is 11.6 Å². The summed E-state index contributed by atoms with van der Waals surface area (Å²) in [7, 11) is 0. The van der Waals surface area contributed by atoms with Crippen molar-refractivity contribution in [1.82, 2.24) is 4.98 Å². The van der Waals surface area contributed by atoms with E-state index in [4.69, 9.17) is 22.1 Å². The van der Waals surface area contributed by atoms with Crippen LogP contribution in [0.1, 0.15) is 11.1 Å². The summed E-state index contributed by atoms with van der Waals surface area (Å²) < 4.78 is 5.61. The highest BCUT2D eigenvalue weighted by Crippen LogP contribution is 2.23. The van der Waals surface area contributed by atoms with Crippen molar-refractivity contribution in [2.75, 3.05) is 0 Å². The maximum atomic E-state index is 5.99. The third kappa shape index (κ3) is 3.19. The molecule has 0 fully saturated rings. The summed E-state index contributed by atoms with van der Waals surface area (Å²) in [6.45, 7) is 0.914. The molecule has 0 saturated heterocycles. The minimum absolute atomic E-state index is 0.435. The van der Waals surface area contributed by atoms with E-state index in [0.29, 0.717) is 23.9 Å². The van der Waals surface area contributed by atoms with Crippen LogP contribution in [0.15, 0.2) is 42.7 Å². The number of nitrogens with two attached hydrogens (primary N) is 1. The van der Waals surface area contributed by atoms with E-state index < -0.39 is 0 Å². The van der Waals surface area contributed by atoms with Gasteiger partial charge in [0, 0.05) is 24.5 Å². The van der Waals surface area contributed by atoms with Crippen LogP contribution in [0.4, 0.5) is 0 Å². The summed E-state index contributed by atoms with van der Waals surface area (Å²) in [6.07, 6.45) is 3.51. The van der Waals surface area contributed by atoms with Gasteiger partial charge in [0.05, 0.1) is 5.02 Å². The molecule has 2 rings (SSSR count). The molecule has 2 aromatic rings. The number of halogens is 1. The highest BCUT2D eigenvalue weighted by molar-refractivity contribution is 6.32. The lowest BCUT2D eigenvalue weighted by Gasteiger charge is -2.08. The lowest BCUT2D eigenvalue weighted by Crippen LogP contribution is -2.01. The van der Waals surface area contributed by atoms with Crippen LogP contribution in [0, 0.1) is 0 Å². The molecule has 0 saturated carbocycles. The molecule has 0 unspecified atom stereocenters. The number of hydrogen-bond donors (Lipinski definition) is 1. The largest absolute Gasteiger partial charge is 0.487 e. The fourth-order valence-corrected chi connectivity index (χ4v) is 1.65. The second kappa shape index (κ2) is 5.66. The molecule has 1 aromatic carbocycles. The third-order valence-electron chi connectivity index (χ3n) is 2.32. The second-order valence-electron chi connectivity index (χ2n) is 3.62. The topological polar surface area (TPSA) is 48.1 Å². The highest BCUT2D eigenvalue weighted by atomic mass is 35.5. The van der Waals surface area contributed by atoms with Gasteiger partial charge < -0.3 is 10.5 Å². The quantitative estimate of drug-likeness (QED) is 0.905. The molecular formula is C13H13ClN2O. The summed E-state index contributed by atoms with van der Waals surface area (Å²) in [6, 6.07) is 9.36. The minimum atomic E-state index is 0.435. The molecule has 1 heterocycles. The maximum absolute atomic E-state index is 5.99. The van der Waals surface area contributed by atoms with Crippen molar-refractivity contribution in [2.24, 2.45) is 5.73 Å². The lowest BCUT2D eigenvalue weighted by molar-refractivity contribution is 0.306. The van der Waals surface area contributed by atoms with Crippen molar-refractivity contribution in [3.8, 4) is 5.75 Å². The van der Waals surface area contributed by atoms with E-state index in [-0.39, 0.29) is 0 Å². The molecule has 17 heavy (non-hydrogen) atoms. The Kier molecular flexibility index (Phi) is 3.96. The Bertz CT molecular complexity index is 502. The molecule has 0 aliphatic heterocycles. The molecule has 0 aliphatic rings. The number of benzene rings is 1. The van der Waals surface area contributed by atoms with Crippen LogP contribution in [0.2, 0.25) is 5.02 Å². The standard InChI is InChI=1S/C13H13ClN2O/c14-12-3-1-2-4-13(12)17-9-11-5-10(6-15)7-16-8-11/h1-5,7-8H,6,9,15H2. The summed E-state index contributed by atoms with van der Waals surface area (Å²) >= 11 is 5.99. The van der Waals surface area contributed by atoms with Crippen LogP contribution < -0.4 is 10.5 Å².